The lowest BCUT2D eigenvalue weighted by Gasteiger charge is -2.33. The Labute approximate surface area is 242 Å². The molecule has 1 saturated heterocycles. The summed E-state index contributed by atoms with van der Waals surface area (Å²) in [5.74, 6) is 1.49. The summed E-state index contributed by atoms with van der Waals surface area (Å²) >= 11 is 10.1. The number of nitrogens with zero attached hydrogens (tertiary/aromatic N) is 4. The first-order chi connectivity index (χ1) is 19.1. The van der Waals surface area contributed by atoms with Crippen LogP contribution < -0.4 is 5.32 Å². The van der Waals surface area contributed by atoms with Crippen LogP contribution in [-0.2, 0) is 13.0 Å². The molecule has 2 aliphatic rings. The fourth-order valence-electron chi connectivity index (χ4n) is 6.13. The molecule has 1 N–H and O–H groups in total. The number of halogens is 2. The summed E-state index contributed by atoms with van der Waals surface area (Å²) in [6.07, 6.45) is 5.28. The molecule has 0 saturated carbocycles. The molecule has 0 amide bonds. The predicted molar refractivity (Wildman–Crippen MR) is 162 cm³/mol. The maximum absolute atomic E-state index is 6.51. The van der Waals surface area contributed by atoms with Crippen molar-refractivity contribution in [2.24, 2.45) is 5.92 Å². The van der Waals surface area contributed by atoms with E-state index < -0.39 is 0 Å². The van der Waals surface area contributed by atoms with Crippen LogP contribution >= 0.6 is 27.5 Å². The molecule has 5 nitrogen and oxygen atoms in total. The summed E-state index contributed by atoms with van der Waals surface area (Å²) < 4.78 is 2.73. The van der Waals surface area contributed by atoms with Gasteiger partial charge in [0, 0.05) is 36.3 Å². The van der Waals surface area contributed by atoms with E-state index in [9.17, 15) is 0 Å². The highest BCUT2D eigenvalue weighted by Gasteiger charge is 2.23. The van der Waals surface area contributed by atoms with E-state index in [-0.39, 0.29) is 0 Å². The smallest absolute Gasteiger partial charge is 0.172 e. The van der Waals surface area contributed by atoms with Gasteiger partial charge in [-0.15, -0.1) is 0 Å². The van der Waals surface area contributed by atoms with Crippen LogP contribution in [-0.4, -0.2) is 39.1 Å². The number of anilines is 1. The third kappa shape index (κ3) is 4.86. The molecule has 0 spiro atoms. The van der Waals surface area contributed by atoms with Crippen LogP contribution in [0.4, 0.5) is 5.82 Å². The maximum Gasteiger partial charge on any atom is 0.172 e. The number of nitrogens with one attached hydrogen (secondary N) is 1. The Kier molecular flexibility index (Phi) is 6.63. The Morgan fingerprint density at radius 3 is 2.67 bits per heavy atom. The van der Waals surface area contributed by atoms with Gasteiger partial charge >= 0.3 is 0 Å². The van der Waals surface area contributed by atoms with Gasteiger partial charge in [-0.05, 0) is 81.5 Å². The zero-order chi connectivity index (χ0) is 26.3. The third-order valence-corrected chi connectivity index (χ3v) is 8.91. The fourth-order valence-corrected chi connectivity index (χ4v) is 6.72. The van der Waals surface area contributed by atoms with Crippen LogP contribution in [0.25, 0.3) is 28.0 Å². The van der Waals surface area contributed by atoms with Gasteiger partial charge in [-0.3, -0.25) is 4.90 Å². The Balaban J connectivity index is 1.05. The second-order valence-corrected chi connectivity index (χ2v) is 11.9. The van der Waals surface area contributed by atoms with E-state index >= 15 is 0 Å². The topological polar surface area (TPSA) is 45.5 Å². The summed E-state index contributed by atoms with van der Waals surface area (Å²) in [5, 5.41) is 8.94. The van der Waals surface area contributed by atoms with Gasteiger partial charge in [0.25, 0.3) is 0 Å². The largest absolute Gasteiger partial charge is 0.370 e. The van der Waals surface area contributed by atoms with E-state index in [2.05, 4.69) is 79.8 Å². The van der Waals surface area contributed by atoms with Gasteiger partial charge in [-0.1, -0.05) is 72.3 Å². The molecule has 3 aromatic carbocycles. The van der Waals surface area contributed by atoms with Gasteiger partial charge in [0.1, 0.15) is 5.82 Å². The van der Waals surface area contributed by atoms with Gasteiger partial charge < -0.3 is 5.32 Å². The van der Waals surface area contributed by atoms with E-state index in [0.717, 1.165) is 59.8 Å². The highest BCUT2D eigenvalue weighted by Crippen LogP contribution is 2.37. The number of aromatic nitrogens is 3. The number of hydrogen-bond donors (Lipinski definition) is 1. The summed E-state index contributed by atoms with van der Waals surface area (Å²) in [5.41, 5.74) is 9.65. The molecule has 1 atom stereocenters. The monoisotopic (exact) mass is 597 g/mol. The van der Waals surface area contributed by atoms with Crippen molar-refractivity contribution in [1.82, 2.24) is 19.5 Å². The molecule has 1 fully saturated rings. The van der Waals surface area contributed by atoms with Crippen LogP contribution in [0.3, 0.4) is 0 Å². The Morgan fingerprint density at radius 2 is 1.77 bits per heavy atom. The average Bonchev–Trinajstić information content (AvgIpc) is 3.52. The van der Waals surface area contributed by atoms with E-state index in [0.29, 0.717) is 10.9 Å². The van der Waals surface area contributed by atoms with E-state index in [4.69, 9.17) is 16.6 Å². The minimum atomic E-state index is 0.559. The predicted octanol–water partition coefficient (Wildman–Crippen LogP) is 7.71. The first-order valence-electron chi connectivity index (χ1n) is 13.6. The van der Waals surface area contributed by atoms with Gasteiger partial charge in [-0.25, -0.2) is 4.98 Å². The Bertz CT molecular complexity index is 1680. The first kappa shape index (κ1) is 24.8. The standard InChI is InChI=1S/C32H29BrClN5/c33-28-18-36-39-31(16-30(37-32(28)39)27-9-3-4-10-29(27)34)35-17-22-6-5-13-38(20-22)19-21-11-12-26-24(14-21)15-23-7-1-2-8-25(23)26/h1-4,7-12,14,16,18,22,35H,5-6,13,15,17,19-20H2. The minimum Gasteiger partial charge on any atom is -0.370 e. The van der Waals surface area contributed by atoms with Crippen LogP contribution in [0.2, 0.25) is 5.02 Å². The van der Waals surface area contributed by atoms with E-state index in [1.54, 1.807) is 6.20 Å². The zero-order valence-corrected chi connectivity index (χ0v) is 23.9. The molecule has 196 valence electrons. The fraction of sp³-hybridized carbons (Fsp3) is 0.250. The third-order valence-electron chi connectivity index (χ3n) is 8.02. The van der Waals surface area contributed by atoms with Crippen molar-refractivity contribution in [3.63, 3.8) is 0 Å². The highest BCUT2D eigenvalue weighted by atomic mass is 79.9. The van der Waals surface area contributed by atoms with Crippen LogP contribution in [0.5, 0.6) is 0 Å². The molecule has 5 aromatic rings. The summed E-state index contributed by atoms with van der Waals surface area (Å²) in [7, 11) is 0. The molecular formula is C32H29BrClN5. The minimum absolute atomic E-state index is 0.559. The van der Waals surface area contributed by atoms with Crippen molar-refractivity contribution in [1.29, 1.82) is 0 Å². The van der Waals surface area contributed by atoms with Crippen molar-refractivity contribution in [2.75, 3.05) is 25.0 Å². The normalized spacial score (nSPS) is 16.8. The summed E-state index contributed by atoms with van der Waals surface area (Å²) in [4.78, 5) is 7.45. The number of piperidine rings is 1. The van der Waals surface area contributed by atoms with Crippen LogP contribution in [0.1, 0.15) is 29.5 Å². The second kappa shape index (κ2) is 10.4. The lowest BCUT2D eigenvalue weighted by molar-refractivity contribution is 0.173. The Morgan fingerprint density at radius 1 is 0.949 bits per heavy atom. The van der Waals surface area contributed by atoms with Crippen molar-refractivity contribution >= 4 is 39.0 Å². The van der Waals surface area contributed by atoms with E-state index in [1.807, 2.05) is 28.8 Å². The molecule has 7 rings (SSSR count). The number of benzene rings is 3. The first-order valence-corrected chi connectivity index (χ1v) is 14.7. The van der Waals surface area contributed by atoms with Crippen LogP contribution in [0.15, 0.2) is 83.5 Å². The Hall–Kier alpha value is -3.19. The molecule has 0 radical (unpaired) electrons. The number of fused-ring (bicyclic) bond motifs is 4. The van der Waals surface area contributed by atoms with Crippen molar-refractivity contribution in [3.05, 3.63) is 105 Å². The molecule has 1 aliphatic carbocycles. The lowest BCUT2D eigenvalue weighted by Crippen LogP contribution is -2.37. The van der Waals surface area contributed by atoms with Crippen LogP contribution in [0, 0.1) is 5.92 Å². The highest BCUT2D eigenvalue weighted by molar-refractivity contribution is 9.10. The second-order valence-electron chi connectivity index (χ2n) is 10.7. The zero-order valence-electron chi connectivity index (χ0n) is 21.6. The summed E-state index contributed by atoms with van der Waals surface area (Å²) in [6, 6.07) is 25.8. The molecule has 1 unspecified atom stereocenters. The van der Waals surface area contributed by atoms with Crippen molar-refractivity contribution in [3.8, 4) is 22.4 Å². The molecule has 7 heteroatoms. The quantitative estimate of drug-likeness (QED) is 0.213. The van der Waals surface area contributed by atoms with Gasteiger partial charge in [0.05, 0.1) is 16.4 Å². The number of likely N-dealkylation sites (tertiary alicyclic amines) is 1. The summed E-state index contributed by atoms with van der Waals surface area (Å²) in [6.45, 7) is 4.12. The lowest BCUT2D eigenvalue weighted by atomic mass is 9.97. The molecule has 3 heterocycles. The van der Waals surface area contributed by atoms with E-state index in [1.165, 1.54) is 40.7 Å². The van der Waals surface area contributed by atoms with Crippen molar-refractivity contribution in [2.45, 2.75) is 25.8 Å². The molecular weight excluding hydrogens is 570 g/mol. The number of hydrogen-bond acceptors (Lipinski definition) is 4. The van der Waals surface area contributed by atoms with Crippen molar-refractivity contribution < 1.29 is 0 Å². The SMILES string of the molecule is Clc1ccccc1-c1cc(NCC2CCCN(Cc3ccc4c(c3)Cc3ccccc3-4)C2)n2ncc(Br)c2n1. The van der Waals surface area contributed by atoms with Gasteiger partial charge in [-0.2, -0.15) is 9.61 Å². The van der Waals surface area contributed by atoms with Gasteiger partial charge in [0.2, 0.25) is 0 Å². The molecule has 39 heavy (non-hydrogen) atoms. The molecule has 1 aliphatic heterocycles. The molecule has 0 bridgehead atoms. The molecule has 2 aromatic heterocycles. The maximum atomic E-state index is 6.51. The van der Waals surface area contributed by atoms with Gasteiger partial charge in [0.15, 0.2) is 5.65 Å². The average molecular weight is 599 g/mol. The number of rotatable bonds is 6.